The van der Waals surface area contributed by atoms with E-state index in [2.05, 4.69) is 5.32 Å². The van der Waals surface area contributed by atoms with E-state index in [9.17, 15) is 22.4 Å². The molecule has 1 N–H and O–H groups in total. The van der Waals surface area contributed by atoms with Crippen molar-refractivity contribution in [1.29, 1.82) is 0 Å². The second-order valence-electron chi connectivity index (χ2n) is 9.92. The van der Waals surface area contributed by atoms with Crippen molar-refractivity contribution in [1.82, 2.24) is 10.2 Å². The molecular formula is C31H38FN3O5S. The van der Waals surface area contributed by atoms with Crippen LogP contribution in [0, 0.1) is 12.7 Å². The van der Waals surface area contributed by atoms with Gasteiger partial charge in [-0.15, -0.1) is 0 Å². The molecule has 0 aliphatic carbocycles. The van der Waals surface area contributed by atoms with E-state index in [1.165, 1.54) is 48.4 Å². The minimum absolute atomic E-state index is 0.0674. The summed E-state index contributed by atoms with van der Waals surface area (Å²) < 4.78 is 47.6. The highest BCUT2D eigenvalue weighted by molar-refractivity contribution is 7.92. The minimum Gasteiger partial charge on any atom is -0.497 e. The van der Waals surface area contributed by atoms with E-state index in [0.717, 1.165) is 27.6 Å². The van der Waals surface area contributed by atoms with Gasteiger partial charge in [-0.1, -0.05) is 43.7 Å². The van der Waals surface area contributed by atoms with Gasteiger partial charge in [0.05, 0.1) is 17.7 Å². The van der Waals surface area contributed by atoms with E-state index < -0.39 is 34.3 Å². The van der Waals surface area contributed by atoms with Crippen LogP contribution < -0.4 is 14.4 Å². The standard InChI is InChI=1S/C31H38FN3O5S/c1-6-23(4)33-31(37)29(7-2)34(20-24-10-8-9-22(3)19-24)30(36)21-35(26-13-11-25(32)12-14-26)41(38,39)28-17-15-27(40-5)16-18-28/h8-19,23,29H,6-7,20-21H2,1-5H3,(H,33,37)/t23-,29-/m1/s1. The van der Waals surface area contributed by atoms with Crippen LogP contribution in [0.5, 0.6) is 5.75 Å². The maximum atomic E-state index is 14.1. The quantitative estimate of drug-likeness (QED) is 0.304. The van der Waals surface area contributed by atoms with Gasteiger partial charge in [-0.2, -0.15) is 0 Å². The number of amides is 2. The van der Waals surface area contributed by atoms with Gasteiger partial charge in [0.15, 0.2) is 0 Å². The third-order valence-electron chi connectivity index (χ3n) is 6.86. The molecule has 3 rings (SSSR count). The highest BCUT2D eigenvalue weighted by Gasteiger charge is 2.34. The molecule has 220 valence electrons. The highest BCUT2D eigenvalue weighted by atomic mass is 32.2. The summed E-state index contributed by atoms with van der Waals surface area (Å²) in [6, 6.07) is 17.3. The summed E-state index contributed by atoms with van der Waals surface area (Å²) in [4.78, 5) is 28.8. The van der Waals surface area contributed by atoms with Gasteiger partial charge in [0.1, 0.15) is 24.2 Å². The van der Waals surface area contributed by atoms with Gasteiger partial charge in [0.25, 0.3) is 10.0 Å². The number of carbonyl (C=O) groups excluding carboxylic acids is 2. The number of halogens is 1. The number of rotatable bonds is 13. The molecule has 2 amide bonds. The fourth-order valence-corrected chi connectivity index (χ4v) is 5.79. The number of aryl methyl sites for hydroxylation is 1. The first-order valence-electron chi connectivity index (χ1n) is 13.6. The van der Waals surface area contributed by atoms with Crippen LogP contribution in [-0.2, 0) is 26.2 Å². The monoisotopic (exact) mass is 583 g/mol. The second-order valence-corrected chi connectivity index (χ2v) is 11.8. The number of carbonyl (C=O) groups is 2. The van der Waals surface area contributed by atoms with E-state index in [0.29, 0.717) is 18.6 Å². The Balaban J connectivity index is 2.05. The molecule has 0 saturated heterocycles. The van der Waals surface area contributed by atoms with Crippen LogP contribution in [0.25, 0.3) is 0 Å². The van der Waals surface area contributed by atoms with Crippen LogP contribution in [0.3, 0.4) is 0 Å². The molecule has 10 heteroatoms. The van der Waals surface area contributed by atoms with Crippen molar-refractivity contribution in [2.75, 3.05) is 18.0 Å². The lowest BCUT2D eigenvalue weighted by Crippen LogP contribution is -2.53. The van der Waals surface area contributed by atoms with E-state index in [1.54, 1.807) is 0 Å². The van der Waals surface area contributed by atoms with Crippen molar-refractivity contribution in [2.45, 2.75) is 64.1 Å². The number of nitrogens with one attached hydrogen (secondary N) is 1. The van der Waals surface area contributed by atoms with Crippen LogP contribution >= 0.6 is 0 Å². The van der Waals surface area contributed by atoms with Crippen molar-refractivity contribution in [3.05, 3.63) is 89.7 Å². The van der Waals surface area contributed by atoms with Gasteiger partial charge in [0, 0.05) is 12.6 Å². The summed E-state index contributed by atoms with van der Waals surface area (Å²) in [6.45, 7) is 7.08. The molecular weight excluding hydrogens is 545 g/mol. The number of methoxy groups -OCH3 is 1. The van der Waals surface area contributed by atoms with Crippen molar-refractivity contribution in [3.8, 4) is 5.75 Å². The summed E-state index contributed by atoms with van der Waals surface area (Å²) >= 11 is 0. The number of hydrogen-bond donors (Lipinski definition) is 1. The van der Waals surface area contributed by atoms with E-state index in [-0.39, 0.29) is 29.1 Å². The average Bonchev–Trinajstić information content (AvgIpc) is 2.96. The molecule has 0 spiro atoms. The number of hydrogen-bond acceptors (Lipinski definition) is 5. The Morgan fingerprint density at radius 3 is 2.20 bits per heavy atom. The summed E-state index contributed by atoms with van der Waals surface area (Å²) in [5.74, 6) is -0.959. The predicted molar refractivity (Wildman–Crippen MR) is 158 cm³/mol. The third-order valence-corrected chi connectivity index (χ3v) is 8.65. The predicted octanol–water partition coefficient (Wildman–Crippen LogP) is 5.06. The number of nitrogens with zero attached hydrogens (tertiary/aromatic N) is 2. The third kappa shape index (κ3) is 8.07. The molecule has 0 radical (unpaired) electrons. The van der Waals surface area contributed by atoms with Gasteiger partial charge < -0.3 is 15.0 Å². The molecule has 0 heterocycles. The fraction of sp³-hybridized carbons (Fsp3) is 0.355. The Kier molecular flexibility index (Phi) is 10.9. The normalized spacial score (nSPS) is 12.7. The van der Waals surface area contributed by atoms with Gasteiger partial charge >= 0.3 is 0 Å². The molecule has 0 aromatic heterocycles. The largest absolute Gasteiger partial charge is 0.497 e. The van der Waals surface area contributed by atoms with Crippen LogP contribution in [0.1, 0.15) is 44.7 Å². The SMILES string of the molecule is CC[C@@H](C)NC(=O)[C@@H](CC)N(Cc1cccc(C)c1)C(=O)CN(c1ccc(F)cc1)S(=O)(=O)c1ccc(OC)cc1. The maximum absolute atomic E-state index is 14.1. The minimum atomic E-state index is -4.27. The van der Waals surface area contributed by atoms with Crippen LogP contribution in [0.2, 0.25) is 0 Å². The number of ether oxygens (including phenoxy) is 1. The zero-order chi connectivity index (χ0) is 30.2. The van der Waals surface area contributed by atoms with E-state index in [1.807, 2.05) is 52.0 Å². The van der Waals surface area contributed by atoms with Gasteiger partial charge in [-0.3, -0.25) is 13.9 Å². The molecule has 0 aliphatic rings. The first kappa shape index (κ1) is 31.6. The molecule has 0 saturated carbocycles. The van der Waals surface area contributed by atoms with Gasteiger partial charge in [0.2, 0.25) is 11.8 Å². The molecule has 3 aromatic rings. The zero-order valence-electron chi connectivity index (χ0n) is 24.1. The van der Waals surface area contributed by atoms with E-state index in [4.69, 9.17) is 4.74 Å². The van der Waals surface area contributed by atoms with E-state index >= 15 is 0 Å². The van der Waals surface area contributed by atoms with Gasteiger partial charge in [-0.25, -0.2) is 12.8 Å². The lowest BCUT2D eigenvalue weighted by molar-refractivity contribution is -0.140. The molecule has 0 fully saturated rings. The molecule has 0 unspecified atom stereocenters. The Bertz CT molecular complexity index is 1430. The molecule has 3 aromatic carbocycles. The molecule has 8 nitrogen and oxygen atoms in total. The first-order chi connectivity index (χ1) is 19.5. The number of sulfonamides is 1. The summed E-state index contributed by atoms with van der Waals surface area (Å²) in [6.07, 6.45) is 1.04. The lowest BCUT2D eigenvalue weighted by atomic mass is 10.1. The lowest BCUT2D eigenvalue weighted by Gasteiger charge is -2.33. The number of anilines is 1. The van der Waals surface area contributed by atoms with Crippen LogP contribution in [0.15, 0.2) is 77.7 Å². The Hall–Kier alpha value is -3.92. The average molecular weight is 584 g/mol. The Morgan fingerprint density at radius 2 is 1.63 bits per heavy atom. The highest BCUT2D eigenvalue weighted by Crippen LogP contribution is 2.26. The summed E-state index contributed by atoms with van der Waals surface area (Å²) in [7, 11) is -2.80. The molecule has 41 heavy (non-hydrogen) atoms. The van der Waals surface area contributed by atoms with Crippen molar-refractivity contribution in [3.63, 3.8) is 0 Å². The maximum Gasteiger partial charge on any atom is 0.264 e. The smallest absolute Gasteiger partial charge is 0.264 e. The fourth-order valence-electron chi connectivity index (χ4n) is 4.38. The summed E-state index contributed by atoms with van der Waals surface area (Å²) in [5.41, 5.74) is 1.91. The molecule has 2 atom stereocenters. The topological polar surface area (TPSA) is 96.0 Å². The number of benzene rings is 3. The zero-order valence-corrected chi connectivity index (χ0v) is 24.9. The van der Waals surface area contributed by atoms with Crippen molar-refractivity contribution in [2.24, 2.45) is 0 Å². The molecule has 0 aliphatic heterocycles. The van der Waals surface area contributed by atoms with Crippen molar-refractivity contribution < 1.29 is 27.1 Å². The van der Waals surface area contributed by atoms with Crippen LogP contribution in [0.4, 0.5) is 10.1 Å². The Morgan fingerprint density at radius 1 is 0.976 bits per heavy atom. The summed E-state index contributed by atoms with van der Waals surface area (Å²) in [5, 5.41) is 2.95. The first-order valence-corrected chi connectivity index (χ1v) is 15.0. The second kappa shape index (κ2) is 14.1. The molecule has 0 bridgehead atoms. The van der Waals surface area contributed by atoms with Crippen LogP contribution in [-0.4, -0.2) is 50.9 Å². The van der Waals surface area contributed by atoms with Crippen molar-refractivity contribution >= 4 is 27.5 Å². The van der Waals surface area contributed by atoms with Gasteiger partial charge in [-0.05, 0) is 80.8 Å². The Labute approximate surface area is 242 Å².